The van der Waals surface area contributed by atoms with Crippen LogP contribution in [0.25, 0.3) is 0 Å². The minimum Gasteiger partial charge on any atom is -0.459 e. The number of carbonyl (C=O) groups is 1. The van der Waals surface area contributed by atoms with Crippen LogP contribution in [-0.4, -0.2) is 37.4 Å². The number of piperidine rings is 1. The van der Waals surface area contributed by atoms with Crippen LogP contribution in [0.5, 0.6) is 0 Å². The third-order valence-corrected chi connectivity index (χ3v) is 4.31. The van der Waals surface area contributed by atoms with Gasteiger partial charge in [-0.05, 0) is 45.4 Å². The summed E-state index contributed by atoms with van der Waals surface area (Å²) in [6.45, 7) is 4.98. The Balaban J connectivity index is 1.76. The van der Waals surface area contributed by atoms with E-state index in [4.69, 9.17) is 9.47 Å². The predicted molar refractivity (Wildman–Crippen MR) is 74.0 cm³/mol. The molecule has 1 aliphatic heterocycles. The third kappa shape index (κ3) is 4.18. The third-order valence-electron chi connectivity index (χ3n) is 4.31. The monoisotopic (exact) mass is 269 g/mol. The molecule has 0 aromatic heterocycles. The van der Waals surface area contributed by atoms with Crippen LogP contribution in [0.1, 0.15) is 52.4 Å². The highest BCUT2D eigenvalue weighted by Crippen LogP contribution is 2.32. The van der Waals surface area contributed by atoms with Gasteiger partial charge in [0.15, 0.2) is 0 Å². The molecule has 0 radical (unpaired) electrons. The van der Waals surface area contributed by atoms with Gasteiger partial charge in [-0.2, -0.15) is 0 Å². The van der Waals surface area contributed by atoms with Gasteiger partial charge in [-0.1, -0.05) is 12.8 Å². The van der Waals surface area contributed by atoms with Crippen LogP contribution in [0.3, 0.4) is 0 Å². The van der Waals surface area contributed by atoms with Crippen LogP contribution in [0.15, 0.2) is 0 Å². The molecular formula is C15H27NO3. The molecule has 4 nitrogen and oxygen atoms in total. The van der Waals surface area contributed by atoms with Crippen molar-refractivity contribution in [3.05, 3.63) is 0 Å². The second-order valence-electron chi connectivity index (χ2n) is 5.85. The van der Waals surface area contributed by atoms with Crippen molar-refractivity contribution in [2.24, 2.45) is 5.92 Å². The highest BCUT2D eigenvalue weighted by atomic mass is 16.6. The smallest absolute Gasteiger partial charge is 0.323 e. The van der Waals surface area contributed by atoms with Crippen molar-refractivity contribution >= 4 is 5.97 Å². The zero-order valence-corrected chi connectivity index (χ0v) is 12.2. The first-order chi connectivity index (χ1) is 9.20. The average Bonchev–Trinajstić information content (AvgIpc) is 2.44. The summed E-state index contributed by atoms with van der Waals surface area (Å²) in [6, 6.07) is 0.422. The molecular weight excluding hydrogens is 242 g/mol. The number of hydrogen-bond donors (Lipinski definition) is 1. The van der Waals surface area contributed by atoms with Crippen molar-refractivity contribution in [1.82, 2.24) is 5.32 Å². The van der Waals surface area contributed by atoms with Gasteiger partial charge < -0.3 is 14.8 Å². The maximum Gasteiger partial charge on any atom is 0.323 e. The molecule has 0 aromatic carbocycles. The second-order valence-corrected chi connectivity index (χ2v) is 5.85. The van der Waals surface area contributed by atoms with Crippen molar-refractivity contribution < 1.29 is 14.3 Å². The molecule has 110 valence electrons. The molecule has 0 spiro atoms. The summed E-state index contributed by atoms with van der Waals surface area (Å²) in [7, 11) is 0. The summed E-state index contributed by atoms with van der Waals surface area (Å²) in [5.41, 5.74) is 0. The first kappa shape index (κ1) is 14.8. The van der Waals surface area contributed by atoms with Crippen LogP contribution < -0.4 is 5.32 Å². The molecule has 4 atom stereocenters. The molecule has 0 bridgehead atoms. The van der Waals surface area contributed by atoms with Gasteiger partial charge in [0.2, 0.25) is 0 Å². The lowest BCUT2D eigenvalue weighted by molar-refractivity contribution is -0.155. The number of fused-ring (bicyclic) bond motifs is 1. The SMILES string of the molecule is CCOCC(C)OC(=O)C1CCC2CCCCC2N1. The molecule has 1 N–H and O–H groups in total. The molecule has 19 heavy (non-hydrogen) atoms. The van der Waals surface area contributed by atoms with E-state index in [1.165, 1.54) is 25.7 Å². The van der Waals surface area contributed by atoms with Gasteiger partial charge in [0, 0.05) is 12.6 Å². The number of ether oxygens (including phenoxy) is 2. The minimum absolute atomic E-state index is 0.101. The Hall–Kier alpha value is -0.610. The zero-order chi connectivity index (χ0) is 13.7. The molecule has 1 aliphatic carbocycles. The Labute approximate surface area is 116 Å². The van der Waals surface area contributed by atoms with E-state index in [0.717, 1.165) is 18.8 Å². The van der Waals surface area contributed by atoms with Crippen molar-refractivity contribution in [2.45, 2.75) is 70.6 Å². The quantitative estimate of drug-likeness (QED) is 0.778. The van der Waals surface area contributed by atoms with E-state index in [1.54, 1.807) is 0 Å². The second kappa shape index (κ2) is 7.25. The van der Waals surface area contributed by atoms with Crippen LogP contribution in [-0.2, 0) is 14.3 Å². The first-order valence-electron chi connectivity index (χ1n) is 7.75. The molecule has 0 aromatic rings. The van der Waals surface area contributed by atoms with E-state index in [9.17, 15) is 4.79 Å². The summed E-state index contributed by atoms with van der Waals surface area (Å²) in [5, 5.41) is 3.50. The summed E-state index contributed by atoms with van der Waals surface area (Å²) < 4.78 is 10.7. The fourth-order valence-electron chi connectivity index (χ4n) is 3.28. The molecule has 2 fully saturated rings. The van der Waals surface area contributed by atoms with Crippen molar-refractivity contribution in [2.75, 3.05) is 13.2 Å². The number of esters is 1. The maximum atomic E-state index is 12.1. The minimum atomic E-state index is -0.154. The fraction of sp³-hybridized carbons (Fsp3) is 0.933. The average molecular weight is 269 g/mol. The highest BCUT2D eigenvalue weighted by molar-refractivity contribution is 5.76. The van der Waals surface area contributed by atoms with Crippen molar-refractivity contribution in [1.29, 1.82) is 0 Å². The standard InChI is InChI=1S/C15H27NO3/c1-3-18-10-11(2)19-15(17)14-9-8-12-6-4-5-7-13(12)16-14/h11-14,16H,3-10H2,1-2H3. The molecule has 1 saturated heterocycles. The molecule has 4 unspecified atom stereocenters. The summed E-state index contributed by atoms with van der Waals surface area (Å²) >= 11 is 0. The van der Waals surface area contributed by atoms with E-state index in [1.807, 2.05) is 13.8 Å². The lowest BCUT2D eigenvalue weighted by atomic mass is 9.78. The Morgan fingerprint density at radius 3 is 2.84 bits per heavy atom. The van der Waals surface area contributed by atoms with E-state index in [0.29, 0.717) is 19.3 Å². The highest BCUT2D eigenvalue weighted by Gasteiger charge is 2.35. The van der Waals surface area contributed by atoms with Crippen LogP contribution in [0.2, 0.25) is 0 Å². The van der Waals surface area contributed by atoms with Gasteiger partial charge in [-0.3, -0.25) is 4.79 Å². The molecule has 1 heterocycles. The molecule has 0 amide bonds. The molecule has 1 saturated carbocycles. The van der Waals surface area contributed by atoms with Gasteiger partial charge in [-0.15, -0.1) is 0 Å². The lowest BCUT2D eigenvalue weighted by Crippen LogP contribution is -2.53. The summed E-state index contributed by atoms with van der Waals surface area (Å²) in [5.74, 6) is 0.676. The zero-order valence-electron chi connectivity index (χ0n) is 12.2. The van der Waals surface area contributed by atoms with Crippen molar-refractivity contribution in [3.63, 3.8) is 0 Å². The van der Waals surface area contributed by atoms with Crippen LogP contribution in [0, 0.1) is 5.92 Å². The van der Waals surface area contributed by atoms with E-state index < -0.39 is 0 Å². The Morgan fingerprint density at radius 1 is 1.26 bits per heavy atom. The Kier molecular flexibility index (Phi) is 5.64. The predicted octanol–water partition coefficient (Wildman–Crippen LogP) is 2.27. The fourth-order valence-corrected chi connectivity index (χ4v) is 3.28. The first-order valence-corrected chi connectivity index (χ1v) is 7.75. The lowest BCUT2D eigenvalue weighted by Gasteiger charge is -2.39. The van der Waals surface area contributed by atoms with E-state index >= 15 is 0 Å². The normalized spacial score (nSPS) is 32.4. The van der Waals surface area contributed by atoms with Gasteiger partial charge in [0.25, 0.3) is 0 Å². The summed E-state index contributed by atoms with van der Waals surface area (Å²) in [4.78, 5) is 12.1. The topological polar surface area (TPSA) is 47.6 Å². The van der Waals surface area contributed by atoms with Gasteiger partial charge in [0.05, 0.1) is 6.61 Å². The maximum absolute atomic E-state index is 12.1. The number of nitrogens with one attached hydrogen (secondary N) is 1. The number of hydrogen-bond acceptors (Lipinski definition) is 4. The number of carbonyl (C=O) groups excluding carboxylic acids is 1. The van der Waals surface area contributed by atoms with Gasteiger partial charge >= 0.3 is 5.97 Å². The number of rotatable bonds is 5. The van der Waals surface area contributed by atoms with Gasteiger partial charge in [0.1, 0.15) is 12.1 Å². The molecule has 2 rings (SSSR count). The Morgan fingerprint density at radius 2 is 2.05 bits per heavy atom. The van der Waals surface area contributed by atoms with Crippen LogP contribution in [0.4, 0.5) is 0 Å². The van der Waals surface area contributed by atoms with E-state index in [-0.39, 0.29) is 18.1 Å². The van der Waals surface area contributed by atoms with Gasteiger partial charge in [-0.25, -0.2) is 0 Å². The largest absolute Gasteiger partial charge is 0.459 e. The summed E-state index contributed by atoms with van der Waals surface area (Å²) in [6.07, 6.45) is 7.10. The van der Waals surface area contributed by atoms with E-state index in [2.05, 4.69) is 5.32 Å². The molecule has 4 heteroatoms. The van der Waals surface area contributed by atoms with Crippen LogP contribution >= 0.6 is 0 Å². The Bertz CT molecular complexity index is 295. The molecule has 2 aliphatic rings. The van der Waals surface area contributed by atoms with Crippen molar-refractivity contribution in [3.8, 4) is 0 Å².